The first-order chi connectivity index (χ1) is 13.0. The van der Waals surface area contributed by atoms with E-state index in [1.807, 2.05) is 37.4 Å². The molecule has 1 aromatic carbocycles. The molecule has 1 amide bonds. The summed E-state index contributed by atoms with van der Waals surface area (Å²) in [6, 6.07) is 9.48. The Balaban J connectivity index is 1.59. The molecular weight excluding hydrogens is 360 g/mol. The van der Waals surface area contributed by atoms with Crippen LogP contribution in [0.5, 0.6) is 5.88 Å². The Labute approximate surface area is 164 Å². The molecular formula is C20H26N4O2S. The largest absolute Gasteiger partial charge is 0.467 e. The van der Waals surface area contributed by atoms with Gasteiger partial charge in [-0.05, 0) is 50.1 Å². The van der Waals surface area contributed by atoms with Crippen molar-refractivity contribution in [2.45, 2.75) is 31.6 Å². The Morgan fingerprint density at radius 1 is 1.30 bits per heavy atom. The molecule has 7 heteroatoms. The van der Waals surface area contributed by atoms with Gasteiger partial charge in [-0.25, -0.2) is 4.98 Å². The summed E-state index contributed by atoms with van der Waals surface area (Å²) in [7, 11) is 0. The molecule has 2 heterocycles. The van der Waals surface area contributed by atoms with E-state index in [9.17, 15) is 4.79 Å². The average Bonchev–Trinajstić information content (AvgIpc) is 2.67. The van der Waals surface area contributed by atoms with Crippen molar-refractivity contribution in [1.82, 2.24) is 9.97 Å². The zero-order valence-corrected chi connectivity index (χ0v) is 16.9. The van der Waals surface area contributed by atoms with E-state index in [1.165, 1.54) is 0 Å². The number of benzene rings is 1. The molecule has 1 aliphatic rings. The number of rotatable bonds is 6. The number of anilines is 2. The number of carbonyl (C=O) groups is 1. The van der Waals surface area contributed by atoms with E-state index < -0.39 is 0 Å². The van der Waals surface area contributed by atoms with Gasteiger partial charge in [0.2, 0.25) is 11.8 Å². The lowest BCUT2D eigenvalue weighted by atomic mass is 10.00. The van der Waals surface area contributed by atoms with Gasteiger partial charge in [-0.1, -0.05) is 13.0 Å². The highest BCUT2D eigenvalue weighted by Gasteiger charge is 2.19. The van der Waals surface area contributed by atoms with Gasteiger partial charge in [0.1, 0.15) is 0 Å². The third-order valence-corrected chi connectivity index (χ3v) is 5.32. The molecule has 0 atom stereocenters. The molecule has 2 aromatic rings. The van der Waals surface area contributed by atoms with Crippen molar-refractivity contribution >= 4 is 29.3 Å². The average molecular weight is 387 g/mol. The highest BCUT2D eigenvalue weighted by Crippen LogP contribution is 2.22. The Morgan fingerprint density at radius 3 is 2.81 bits per heavy atom. The molecule has 0 bridgehead atoms. The van der Waals surface area contributed by atoms with Crippen molar-refractivity contribution in [2.75, 3.05) is 36.2 Å². The number of ether oxygens (including phenoxy) is 1. The summed E-state index contributed by atoms with van der Waals surface area (Å²) in [5.41, 5.74) is 1.60. The van der Waals surface area contributed by atoms with E-state index in [0.717, 1.165) is 48.1 Å². The van der Waals surface area contributed by atoms with Crippen molar-refractivity contribution in [3.63, 3.8) is 0 Å². The summed E-state index contributed by atoms with van der Waals surface area (Å²) in [6.45, 7) is 6.01. The zero-order valence-electron chi connectivity index (χ0n) is 16.1. The smallest absolute Gasteiger partial charge is 0.262 e. The monoisotopic (exact) mass is 386 g/mol. The summed E-state index contributed by atoms with van der Waals surface area (Å²) in [5.74, 6) is 1.65. The van der Waals surface area contributed by atoms with Crippen molar-refractivity contribution in [3.8, 4) is 5.88 Å². The standard InChI is InChI=1S/C20H26N4O2S/c1-14-7-9-24(10-8-14)20-21-15(2)11-19(23-20)26-13-18(25)22-16-5-4-6-17(12-16)27-3/h4-6,11-12,14H,7-10,13H2,1-3H3,(H,22,25). The predicted molar refractivity (Wildman–Crippen MR) is 110 cm³/mol. The second-order valence-corrected chi connectivity index (χ2v) is 7.77. The van der Waals surface area contributed by atoms with Gasteiger partial charge < -0.3 is 15.0 Å². The number of amides is 1. The summed E-state index contributed by atoms with van der Waals surface area (Å²) in [4.78, 5) is 24.5. The van der Waals surface area contributed by atoms with Gasteiger partial charge >= 0.3 is 0 Å². The fourth-order valence-electron chi connectivity index (χ4n) is 2.99. The lowest BCUT2D eigenvalue weighted by molar-refractivity contribution is -0.118. The second kappa shape index (κ2) is 9.08. The number of carbonyl (C=O) groups excluding carboxylic acids is 1. The molecule has 0 radical (unpaired) electrons. The number of aryl methyl sites for hydroxylation is 1. The van der Waals surface area contributed by atoms with E-state index in [4.69, 9.17) is 4.74 Å². The number of nitrogens with one attached hydrogen (secondary N) is 1. The van der Waals surface area contributed by atoms with Crippen LogP contribution in [0.4, 0.5) is 11.6 Å². The molecule has 1 aromatic heterocycles. The van der Waals surface area contributed by atoms with Gasteiger partial charge in [0.15, 0.2) is 6.61 Å². The molecule has 27 heavy (non-hydrogen) atoms. The van der Waals surface area contributed by atoms with Crippen LogP contribution in [0, 0.1) is 12.8 Å². The number of piperidine rings is 1. The summed E-state index contributed by atoms with van der Waals surface area (Å²) < 4.78 is 5.63. The summed E-state index contributed by atoms with van der Waals surface area (Å²) in [6.07, 6.45) is 4.29. The Hall–Kier alpha value is -2.28. The minimum atomic E-state index is -0.210. The quantitative estimate of drug-likeness (QED) is 0.763. The van der Waals surface area contributed by atoms with E-state index in [-0.39, 0.29) is 12.5 Å². The van der Waals surface area contributed by atoms with Gasteiger partial charge in [0, 0.05) is 35.4 Å². The zero-order chi connectivity index (χ0) is 19.2. The first kappa shape index (κ1) is 19.5. The van der Waals surface area contributed by atoms with E-state index in [0.29, 0.717) is 11.8 Å². The van der Waals surface area contributed by atoms with Crippen molar-refractivity contribution in [3.05, 3.63) is 36.0 Å². The highest BCUT2D eigenvalue weighted by molar-refractivity contribution is 7.98. The van der Waals surface area contributed by atoms with Crippen LogP contribution in [-0.2, 0) is 4.79 Å². The van der Waals surface area contributed by atoms with Gasteiger partial charge in [0.05, 0.1) is 0 Å². The fraction of sp³-hybridized carbons (Fsp3) is 0.450. The molecule has 1 aliphatic heterocycles. The molecule has 144 valence electrons. The Kier molecular flexibility index (Phi) is 6.55. The molecule has 0 aliphatic carbocycles. The van der Waals surface area contributed by atoms with Crippen LogP contribution >= 0.6 is 11.8 Å². The number of nitrogens with zero attached hydrogens (tertiary/aromatic N) is 3. The molecule has 3 rings (SSSR count). The maximum Gasteiger partial charge on any atom is 0.262 e. The van der Waals surface area contributed by atoms with Gasteiger partial charge in [-0.2, -0.15) is 4.98 Å². The van der Waals surface area contributed by atoms with Crippen LogP contribution in [0.25, 0.3) is 0 Å². The minimum absolute atomic E-state index is 0.0869. The topological polar surface area (TPSA) is 67.3 Å². The number of aromatic nitrogens is 2. The Morgan fingerprint density at radius 2 is 2.07 bits per heavy atom. The SMILES string of the molecule is CSc1cccc(NC(=O)COc2cc(C)nc(N3CCC(C)CC3)n2)c1. The fourth-order valence-corrected chi connectivity index (χ4v) is 3.45. The molecule has 6 nitrogen and oxygen atoms in total. The van der Waals surface area contributed by atoms with Crippen molar-refractivity contribution in [1.29, 1.82) is 0 Å². The number of hydrogen-bond donors (Lipinski definition) is 1. The first-order valence-electron chi connectivity index (χ1n) is 9.21. The van der Waals surface area contributed by atoms with Crippen LogP contribution in [0.3, 0.4) is 0 Å². The molecule has 0 saturated carbocycles. The van der Waals surface area contributed by atoms with E-state index >= 15 is 0 Å². The maximum atomic E-state index is 12.2. The van der Waals surface area contributed by atoms with E-state index in [1.54, 1.807) is 17.8 Å². The van der Waals surface area contributed by atoms with Crippen molar-refractivity contribution in [2.24, 2.45) is 5.92 Å². The lowest BCUT2D eigenvalue weighted by Crippen LogP contribution is -2.34. The molecule has 1 fully saturated rings. The van der Waals surface area contributed by atoms with Crippen LogP contribution in [0.1, 0.15) is 25.5 Å². The molecule has 1 N–H and O–H groups in total. The molecule has 0 spiro atoms. The van der Waals surface area contributed by atoms with Crippen LogP contribution in [0.15, 0.2) is 35.2 Å². The third kappa shape index (κ3) is 5.60. The first-order valence-corrected chi connectivity index (χ1v) is 10.4. The maximum absolute atomic E-state index is 12.2. The Bertz CT molecular complexity index is 791. The van der Waals surface area contributed by atoms with Crippen molar-refractivity contribution < 1.29 is 9.53 Å². The summed E-state index contributed by atoms with van der Waals surface area (Å²) in [5, 5.41) is 2.85. The van der Waals surface area contributed by atoms with Gasteiger partial charge in [-0.15, -0.1) is 11.8 Å². The van der Waals surface area contributed by atoms with Gasteiger partial charge in [0.25, 0.3) is 5.91 Å². The highest BCUT2D eigenvalue weighted by atomic mass is 32.2. The lowest BCUT2D eigenvalue weighted by Gasteiger charge is -2.30. The number of thioether (sulfide) groups is 1. The normalized spacial score (nSPS) is 14.9. The molecule has 0 unspecified atom stereocenters. The second-order valence-electron chi connectivity index (χ2n) is 6.89. The van der Waals surface area contributed by atoms with Gasteiger partial charge in [-0.3, -0.25) is 4.79 Å². The summed E-state index contributed by atoms with van der Waals surface area (Å²) >= 11 is 1.63. The van der Waals surface area contributed by atoms with Crippen LogP contribution in [-0.4, -0.2) is 41.8 Å². The molecule has 1 saturated heterocycles. The van der Waals surface area contributed by atoms with Crippen LogP contribution < -0.4 is 15.0 Å². The third-order valence-electron chi connectivity index (χ3n) is 4.59. The number of hydrogen-bond acceptors (Lipinski definition) is 6. The van der Waals surface area contributed by atoms with E-state index in [2.05, 4.69) is 27.1 Å². The van der Waals surface area contributed by atoms with Crippen LogP contribution in [0.2, 0.25) is 0 Å². The predicted octanol–water partition coefficient (Wildman–Crippen LogP) is 3.76. The minimum Gasteiger partial charge on any atom is -0.467 e.